The predicted octanol–water partition coefficient (Wildman–Crippen LogP) is 0.637. The third-order valence-electron chi connectivity index (χ3n) is 5.29. The summed E-state index contributed by atoms with van der Waals surface area (Å²) in [5.41, 5.74) is 6.47. The highest BCUT2D eigenvalue weighted by Gasteiger charge is 2.47. The van der Waals surface area contributed by atoms with Crippen molar-refractivity contribution in [3.63, 3.8) is 0 Å². The summed E-state index contributed by atoms with van der Waals surface area (Å²) in [6.45, 7) is 5.40. The van der Waals surface area contributed by atoms with Crippen molar-refractivity contribution in [2.24, 2.45) is 5.73 Å². The fourth-order valence-corrected chi connectivity index (χ4v) is 5.01. The normalized spacial score (nSPS) is 23.3. The van der Waals surface area contributed by atoms with Crippen LogP contribution >= 0.6 is 0 Å². The van der Waals surface area contributed by atoms with Gasteiger partial charge in [0.25, 0.3) is 0 Å². The Hall–Kier alpha value is -1.80. The number of hydrogen-bond acceptors (Lipinski definition) is 6. The molecule has 144 valence electrons. The molecule has 1 amide bonds. The number of benzene rings is 1. The number of likely N-dealkylation sites (tertiary alicyclic amines) is 1. The molecule has 2 saturated heterocycles. The molecule has 26 heavy (non-hydrogen) atoms. The van der Waals surface area contributed by atoms with Crippen molar-refractivity contribution < 1.29 is 17.9 Å². The van der Waals surface area contributed by atoms with Crippen LogP contribution in [0.15, 0.2) is 24.3 Å². The predicted molar refractivity (Wildman–Crippen MR) is 101 cm³/mol. The van der Waals surface area contributed by atoms with Gasteiger partial charge in [0.2, 0.25) is 5.91 Å². The Morgan fingerprint density at radius 3 is 2.50 bits per heavy atom. The van der Waals surface area contributed by atoms with Crippen molar-refractivity contribution >= 4 is 21.4 Å². The number of nitrogens with zero attached hydrogens (tertiary/aromatic N) is 2. The number of sulfone groups is 1. The SMILES string of the molecule is CCOc1ccc(N2C[C@@H]3C[C@H]2CN3C(=O)C(C)S(=O)(=O)CCN)cc1. The Bertz CT molecular complexity index is 750. The van der Waals surface area contributed by atoms with Gasteiger partial charge >= 0.3 is 0 Å². The van der Waals surface area contributed by atoms with Crippen LogP contribution in [0.4, 0.5) is 5.69 Å². The van der Waals surface area contributed by atoms with Crippen molar-refractivity contribution in [3.05, 3.63) is 24.3 Å². The molecule has 0 aliphatic carbocycles. The molecule has 0 spiro atoms. The molecule has 2 heterocycles. The van der Waals surface area contributed by atoms with Crippen LogP contribution < -0.4 is 15.4 Å². The maximum Gasteiger partial charge on any atom is 0.241 e. The summed E-state index contributed by atoms with van der Waals surface area (Å²) >= 11 is 0. The summed E-state index contributed by atoms with van der Waals surface area (Å²) in [5, 5.41) is -1.02. The molecule has 1 unspecified atom stereocenters. The molecule has 2 N–H and O–H groups in total. The van der Waals surface area contributed by atoms with E-state index in [-0.39, 0.29) is 30.3 Å². The molecule has 2 fully saturated rings. The van der Waals surface area contributed by atoms with Crippen LogP contribution in [0.1, 0.15) is 20.3 Å². The molecule has 1 aromatic rings. The Morgan fingerprint density at radius 2 is 1.96 bits per heavy atom. The van der Waals surface area contributed by atoms with E-state index >= 15 is 0 Å². The first-order valence-electron chi connectivity index (χ1n) is 9.09. The van der Waals surface area contributed by atoms with E-state index in [4.69, 9.17) is 10.5 Å². The zero-order chi connectivity index (χ0) is 18.9. The third-order valence-corrected chi connectivity index (χ3v) is 7.38. The molecule has 3 atom stereocenters. The van der Waals surface area contributed by atoms with Gasteiger partial charge in [-0.1, -0.05) is 0 Å². The van der Waals surface area contributed by atoms with Gasteiger partial charge in [-0.2, -0.15) is 0 Å². The fourth-order valence-electron chi connectivity index (χ4n) is 3.88. The van der Waals surface area contributed by atoms with Crippen LogP contribution in [0.25, 0.3) is 0 Å². The molecule has 7 nitrogen and oxygen atoms in total. The minimum Gasteiger partial charge on any atom is -0.494 e. The van der Waals surface area contributed by atoms with Crippen LogP contribution in [0.5, 0.6) is 5.75 Å². The first-order valence-corrected chi connectivity index (χ1v) is 10.8. The summed E-state index contributed by atoms with van der Waals surface area (Å²) in [6, 6.07) is 8.27. The molecular formula is C18H27N3O4S. The van der Waals surface area contributed by atoms with Crippen molar-refractivity contribution in [1.82, 2.24) is 4.90 Å². The Balaban J connectivity index is 1.65. The van der Waals surface area contributed by atoms with E-state index in [2.05, 4.69) is 4.90 Å². The maximum absolute atomic E-state index is 12.7. The number of piperazine rings is 1. The van der Waals surface area contributed by atoms with E-state index in [9.17, 15) is 13.2 Å². The quantitative estimate of drug-likeness (QED) is 0.745. The Morgan fingerprint density at radius 1 is 1.27 bits per heavy atom. The number of amides is 1. The highest BCUT2D eigenvalue weighted by Crippen LogP contribution is 2.35. The number of anilines is 1. The van der Waals surface area contributed by atoms with E-state index in [1.165, 1.54) is 6.92 Å². The van der Waals surface area contributed by atoms with Crippen LogP contribution in [-0.2, 0) is 14.6 Å². The molecule has 0 saturated carbocycles. The van der Waals surface area contributed by atoms with Crippen molar-refractivity contribution in [2.45, 2.75) is 37.6 Å². The second-order valence-electron chi connectivity index (χ2n) is 6.91. The highest BCUT2D eigenvalue weighted by atomic mass is 32.2. The summed E-state index contributed by atoms with van der Waals surface area (Å²) in [7, 11) is -3.48. The molecule has 0 aromatic heterocycles. The minimum atomic E-state index is -3.48. The van der Waals surface area contributed by atoms with E-state index < -0.39 is 15.1 Å². The molecule has 2 bridgehead atoms. The zero-order valence-corrected chi connectivity index (χ0v) is 16.1. The summed E-state index contributed by atoms with van der Waals surface area (Å²) < 4.78 is 29.8. The molecular weight excluding hydrogens is 354 g/mol. The van der Waals surface area contributed by atoms with Crippen LogP contribution in [0.2, 0.25) is 0 Å². The van der Waals surface area contributed by atoms with Crippen molar-refractivity contribution in [1.29, 1.82) is 0 Å². The molecule has 2 aliphatic heterocycles. The van der Waals surface area contributed by atoms with Gasteiger partial charge in [-0.3, -0.25) is 4.79 Å². The molecule has 2 aliphatic rings. The highest BCUT2D eigenvalue weighted by molar-refractivity contribution is 7.92. The van der Waals surface area contributed by atoms with E-state index in [1.807, 2.05) is 31.2 Å². The van der Waals surface area contributed by atoms with Gasteiger partial charge in [-0.05, 0) is 44.5 Å². The lowest BCUT2D eigenvalue weighted by Crippen LogP contribution is -2.52. The number of nitrogens with two attached hydrogens (primary N) is 1. The van der Waals surface area contributed by atoms with Gasteiger partial charge < -0.3 is 20.3 Å². The number of rotatable bonds is 7. The third kappa shape index (κ3) is 3.53. The van der Waals surface area contributed by atoms with Crippen LogP contribution in [-0.4, -0.2) is 68.6 Å². The van der Waals surface area contributed by atoms with Crippen molar-refractivity contribution in [3.8, 4) is 5.75 Å². The molecule has 3 rings (SSSR count). The first kappa shape index (κ1) is 19.0. The fraction of sp³-hybridized carbons (Fsp3) is 0.611. The van der Waals surface area contributed by atoms with Gasteiger partial charge in [0, 0.05) is 31.4 Å². The standard InChI is InChI=1S/C18H27N3O4S/c1-3-25-17-6-4-14(5-7-17)20-11-16-10-15(20)12-21(16)18(22)13(2)26(23,24)9-8-19/h4-7,13,15-16H,3,8-12,19H2,1-2H3/t13?,15-,16-/m0/s1. The van der Waals surface area contributed by atoms with Gasteiger partial charge in [0.1, 0.15) is 11.0 Å². The van der Waals surface area contributed by atoms with Crippen LogP contribution in [0, 0.1) is 0 Å². The van der Waals surface area contributed by atoms with E-state index in [0.717, 1.165) is 24.4 Å². The van der Waals surface area contributed by atoms with Gasteiger partial charge in [0.15, 0.2) is 9.84 Å². The lowest BCUT2D eigenvalue weighted by atomic mass is 10.2. The zero-order valence-electron chi connectivity index (χ0n) is 15.3. The summed E-state index contributed by atoms with van der Waals surface area (Å²) in [4.78, 5) is 16.7. The second kappa shape index (κ2) is 7.44. The first-order chi connectivity index (χ1) is 12.4. The molecule has 8 heteroatoms. The molecule has 0 radical (unpaired) electrons. The topological polar surface area (TPSA) is 92.9 Å². The van der Waals surface area contributed by atoms with E-state index in [1.54, 1.807) is 4.90 Å². The monoisotopic (exact) mass is 381 g/mol. The second-order valence-corrected chi connectivity index (χ2v) is 9.35. The van der Waals surface area contributed by atoms with Gasteiger partial charge in [-0.25, -0.2) is 8.42 Å². The van der Waals surface area contributed by atoms with Gasteiger partial charge in [-0.15, -0.1) is 0 Å². The van der Waals surface area contributed by atoms with Crippen LogP contribution in [0.3, 0.4) is 0 Å². The average molecular weight is 381 g/mol. The lowest BCUT2D eigenvalue weighted by molar-refractivity contribution is -0.131. The van der Waals surface area contributed by atoms with Crippen molar-refractivity contribution in [2.75, 3.05) is 36.9 Å². The number of carbonyl (C=O) groups is 1. The molecule has 1 aromatic carbocycles. The number of hydrogen-bond donors (Lipinski definition) is 1. The maximum atomic E-state index is 12.7. The minimum absolute atomic E-state index is 0.0392. The Labute approximate surface area is 155 Å². The largest absolute Gasteiger partial charge is 0.494 e. The number of ether oxygens (including phenoxy) is 1. The average Bonchev–Trinajstić information content (AvgIpc) is 3.22. The Kier molecular flexibility index (Phi) is 5.43. The number of fused-ring (bicyclic) bond motifs is 2. The smallest absolute Gasteiger partial charge is 0.241 e. The number of carbonyl (C=O) groups excluding carboxylic acids is 1. The lowest BCUT2D eigenvalue weighted by Gasteiger charge is -2.36. The van der Waals surface area contributed by atoms with Gasteiger partial charge in [0.05, 0.1) is 18.4 Å². The summed E-state index contributed by atoms with van der Waals surface area (Å²) in [6.07, 6.45) is 0.878. The summed E-state index contributed by atoms with van der Waals surface area (Å²) in [5.74, 6) is 0.397. The van der Waals surface area contributed by atoms with E-state index in [0.29, 0.717) is 13.2 Å².